The molecule has 0 heterocycles. The lowest BCUT2D eigenvalue weighted by Crippen LogP contribution is -2.06. The highest BCUT2D eigenvalue weighted by atomic mass is 79.9. The first-order valence-corrected chi connectivity index (χ1v) is 11.2. The van der Waals surface area contributed by atoms with Crippen molar-refractivity contribution in [2.75, 3.05) is 17.2 Å². The quantitative estimate of drug-likeness (QED) is 0.325. The van der Waals surface area contributed by atoms with E-state index in [9.17, 15) is 9.18 Å². The predicted octanol–water partition coefficient (Wildman–Crippen LogP) is 6.79. The molecule has 5 nitrogen and oxygen atoms in total. The summed E-state index contributed by atoms with van der Waals surface area (Å²) in [4.78, 5) is 11.1. The maximum absolute atomic E-state index is 13.3. The Morgan fingerprint density at radius 1 is 1.06 bits per heavy atom. The zero-order valence-electron chi connectivity index (χ0n) is 17.7. The van der Waals surface area contributed by atoms with Crippen molar-refractivity contribution in [2.45, 2.75) is 27.0 Å². The first kappa shape index (κ1) is 23.9. The molecule has 0 aliphatic heterocycles. The molecule has 8 heteroatoms. The van der Waals surface area contributed by atoms with E-state index in [1.807, 2.05) is 43.3 Å². The number of ether oxygens (including phenoxy) is 2. The van der Waals surface area contributed by atoms with Gasteiger partial charge in [0.25, 0.3) is 0 Å². The monoisotopic (exact) mass is 520 g/mol. The van der Waals surface area contributed by atoms with Crippen molar-refractivity contribution < 1.29 is 18.7 Å². The Hall–Kier alpha value is -2.77. The van der Waals surface area contributed by atoms with Gasteiger partial charge in [-0.2, -0.15) is 0 Å². The second kappa shape index (κ2) is 11.2. The third kappa shape index (κ3) is 6.61. The third-order valence-electron chi connectivity index (χ3n) is 4.46. The van der Waals surface area contributed by atoms with E-state index in [0.29, 0.717) is 35.2 Å². The molecule has 3 aromatic rings. The van der Waals surface area contributed by atoms with Crippen LogP contribution in [0.5, 0.6) is 11.5 Å². The fraction of sp³-hybridized carbons (Fsp3) is 0.208. The van der Waals surface area contributed by atoms with Crippen molar-refractivity contribution in [1.82, 2.24) is 0 Å². The summed E-state index contributed by atoms with van der Waals surface area (Å²) in [6.45, 7) is 4.58. The number of anilines is 2. The zero-order valence-corrected chi connectivity index (χ0v) is 20.0. The van der Waals surface area contributed by atoms with Crippen molar-refractivity contribution in [3.05, 3.63) is 81.0 Å². The fourth-order valence-corrected chi connectivity index (χ4v) is 3.82. The van der Waals surface area contributed by atoms with E-state index in [4.69, 9.17) is 21.1 Å². The van der Waals surface area contributed by atoms with E-state index in [1.165, 1.54) is 19.1 Å². The topological polar surface area (TPSA) is 59.6 Å². The zero-order chi connectivity index (χ0) is 23.1. The molecule has 3 rings (SSSR count). The molecule has 168 valence electrons. The van der Waals surface area contributed by atoms with Crippen LogP contribution in [0, 0.1) is 5.82 Å². The van der Waals surface area contributed by atoms with E-state index >= 15 is 0 Å². The van der Waals surface area contributed by atoms with Crippen molar-refractivity contribution in [3.63, 3.8) is 0 Å². The number of nitrogens with one attached hydrogen (secondary N) is 2. The number of carbonyl (C=O) groups is 1. The summed E-state index contributed by atoms with van der Waals surface area (Å²) in [7, 11) is 0. The number of hydrogen-bond donors (Lipinski definition) is 2. The van der Waals surface area contributed by atoms with Gasteiger partial charge in [0.05, 0.1) is 16.1 Å². The summed E-state index contributed by atoms with van der Waals surface area (Å²) in [6.07, 6.45) is 0. The summed E-state index contributed by atoms with van der Waals surface area (Å²) in [5, 5.41) is 6.40. The molecule has 0 atom stereocenters. The third-order valence-corrected chi connectivity index (χ3v) is 5.40. The number of carbonyl (C=O) groups excluding carboxylic acids is 1. The van der Waals surface area contributed by atoms with Gasteiger partial charge in [-0.3, -0.25) is 4.79 Å². The SMILES string of the molecule is CCOc1cc(CNc2ccc(NC(C)=O)cc2)cc(Br)c1OCc1ccc(F)cc1Cl. The van der Waals surface area contributed by atoms with E-state index in [0.717, 1.165) is 21.4 Å². The molecule has 0 bridgehead atoms. The van der Waals surface area contributed by atoms with Crippen LogP contribution in [0.25, 0.3) is 0 Å². The molecule has 32 heavy (non-hydrogen) atoms. The maximum atomic E-state index is 13.3. The maximum Gasteiger partial charge on any atom is 0.221 e. The lowest BCUT2D eigenvalue weighted by atomic mass is 10.2. The van der Waals surface area contributed by atoms with Gasteiger partial charge < -0.3 is 20.1 Å². The summed E-state index contributed by atoms with van der Waals surface area (Å²) < 4.78 is 25.8. The molecule has 1 amide bonds. The molecular formula is C24H23BrClFN2O3. The highest BCUT2D eigenvalue weighted by Gasteiger charge is 2.14. The molecule has 0 aliphatic carbocycles. The van der Waals surface area contributed by atoms with Crippen molar-refractivity contribution in [2.24, 2.45) is 0 Å². The van der Waals surface area contributed by atoms with Crippen LogP contribution in [0.3, 0.4) is 0 Å². The summed E-state index contributed by atoms with van der Waals surface area (Å²) >= 11 is 9.67. The summed E-state index contributed by atoms with van der Waals surface area (Å²) in [5.41, 5.74) is 3.32. The van der Waals surface area contributed by atoms with Crippen molar-refractivity contribution in [1.29, 1.82) is 0 Å². The van der Waals surface area contributed by atoms with Crippen LogP contribution < -0.4 is 20.1 Å². The summed E-state index contributed by atoms with van der Waals surface area (Å²) in [6, 6.07) is 15.5. The van der Waals surface area contributed by atoms with Gasteiger partial charge in [-0.25, -0.2) is 4.39 Å². The Kier molecular flexibility index (Phi) is 8.36. The summed E-state index contributed by atoms with van der Waals surface area (Å²) in [5.74, 6) is 0.646. The lowest BCUT2D eigenvalue weighted by Gasteiger charge is -2.16. The Morgan fingerprint density at radius 2 is 1.78 bits per heavy atom. The van der Waals surface area contributed by atoms with Crippen LogP contribution in [0.15, 0.2) is 59.1 Å². The highest BCUT2D eigenvalue weighted by molar-refractivity contribution is 9.10. The van der Waals surface area contributed by atoms with Crippen molar-refractivity contribution in [3.8, 4) is 11.5 Å². The van der Waals surface area contributed by atoms with Crippen LogP contribution in [0.4, 0.5) is 15.8 Å². The first-order chi connectivity index (χ1) is 15.4. The predicted molar refractivity (Wildman–Crippen MR) is 129 cm³/mol. The van der Waals surface area contributed by atoms with E-state index in [-0.39, 0.29) is 12.5 Å². The smallest absolute Gasteiger partial charge is 0.221 e. The number of hydrogen-bond acceptors (Lipinski definition) is 4. The fourth-order valence-electron chi connectivity index (χ4n) is 2.99. The lowest BCUT2D eigenvalue weighted by molar-refractivity contribution is -0.114. The van der Waals surface area contributed by atoms with Gasteiger partial charge in [-0.1, -0.05) is 17.7 Å². The minimum Gasteiger partial charge on any atom is -0.490 e. The van der Waals surface area contributed by atoms with Gasteiger partial charge in [0.15, 0.2) is 11.5 Å². The van der Waals surface area contributed by atoms with Crippen molar-refractivity contribution >= 4 is 44.8 Å². The molecule has 0 saturated carbocycles. The first-order valence-electron chi connectivity index (χ1n) is 9.99. The van der Waals surface area contributed by atoms with Crippen LogP contribution >= 0.6 is 27.5 Å². The average molecular weight is 522 g/mol. The van der Waals surface area contributed by atoms with Gasteiger partial charge >= 0.3 is 0 Å². The van der Waals surface area contributed by atoms with Gasteiger partial charge in [0.2, 0.25) is 5.91 Å². The molecule has 0 radical (unpaired) electrons. The molecule has 0 fully saturated rings. The second-order valence-corrected chi connectivity index (χ2v) is 8.24. The molecule has 0 spiro atoms. The minimum atomic E-state index is -0.392. The molecule has 3 aromatic carbocycles. The van der Waals surface area contributed by atoms with Crippen LogP contribution in [-0.2, 0) is 17.9 Å². The van der Waals surface area contributed by atoms with Crippen LogP contribution in [0.2, 0.25) is 5.02 Å². The standard InChI is InChI=1S/C24H23BrClFN2O3/c1-3-31-23-11-16(13-28-19-6-8-20(9-7-19)29-15(2)30)10-21(25)24(23)32-14-17-4-5-18(27)12-22(17)26/h4-12,28H,3,13-14H2,1-2H3,(H,29,30). The number of amides is 1. The van der Waals surface area contributed by atoms with E-state index < -0.39 is 5.82 Å². The normalized spacial score (nSPS) is 10.5. The van der Waals surface area contributed by atoms with E-state index in [2.05, 4.69) is 26.6 Å². The Balaban J connectivity index is 1.71. The number of benzene rings is 3. The van der Waals surface area contributed by atoms with Gasteiger partial charge in [0.1, 0.15) is 12.4 Å². The number of rotatable bonds is 9. The molecule has 0 unspecified atom stereocenters. The second-order valence-electron chi connectivity index (χ2n) is 6.97. The molecule has 2 N–H and O–H groups in total. The molecule has 0 aromatic heterocycles. The highest BCUT2D eigenvalue weighted by Crippen LogP contribution is 2.38. The van der Waals surface area contributed by atoms with Crippen LogP contribution in [0.1, 0.15) is 25.0 Å². The Bertz CT molecular complexity index is 1090. The average Bonchev–Trinajstić information content (AvgIpc) is 2.74. The van der Waals surface area contributed by atoms with Crippen LogP contribution in [-0.4, -0.2) is 12.5 Å². The number of halogens is 3. The molecule has 0 saturated heterocycles. The van der Waals surface area contributed by atoms with Gasteiger partial charge in [-0.15, -0.1) is 0 Å². The Labute approximate surface area is 200 Å². The Morgan fingerprint density at radius 3 is 2.44 bits per heavy atom. The molecular weight excluding hydrogens is 499 g/mol. The van der Waals surface area contributed by atoms with Gasteiger partial charge in [0, 0.05) is 30.4 Å². The minimum absolute atomic E-state index is 0.108. The van der Waals surface area contributed by atoms with E-state index in [1.54, 1.807) is 6.07 Å². The van der Waals surface area contributed by atoms with Gasteiger partial charge in [-0.05, 0) is 76.9 Å². The molecule has 0 aliphatic rings. The largest absolute Gasteiger partial charge is 0.490 e.